The first-order chi connectivity index (χ1) is 14.1. The van der Waals surface area contributed by atoms with E-state index < -0.39 is 5.91 Å². The Balaban J connectivity index is 1.13. The average molecular weight is 390 g/mol. The molecule has 3 aromatic rings. The molecule has 8 heteroatoms. The second-order valence-electron chi connectivity index (χ2n) is 7.88. The van der Waals surface area contributed by atoms with Crippen molar-refractivity contribution in [2.24, 2.45) is 23.5 Å². The molecule has 5 rings (SSSR count). The van der Waals surface area contributed by atoms with E-state index in [4.69, 9.17) is 5.73 Å². The molecule has 2 atom stereocenters. The highest BCUT2D eigenvalue weighted by Crippen LogP contribution is 2.53. The van der Waals surface area contributed by atoms with Gasteiger partial charge in [0, 0.05) is 37.4 Å². The Hall–Kier alpha value is -3.42. The van der Waals surface area contributed by atoms with Crippen LogP contribution < -0.4 is 11.1 Å². The van der Waals surface area contributed by atoms with E-state index in [1.807, 2.05) is 41.4 Å². The summed E-state index contributed by atoms with van der Waals surface area (Å²) in [6.45, 7) is 1.64. The molecule has 1 aliphatic heterocycles. The van der Waals surface area contributed by atoms with Gasteiger partial charge in [0.25, 0.3) is 5.91 Å². The van der Waals surface area contributed by atoms with E-state index >= 15 is 0 Å². The zero-order valence-corrected chi connectivity index (χ0v) is 15.9. The number of primary amides is 1. The summed E-state index contributed by atoms with van der Waals surface area (Å²) < 4.78 is 1.75. The number of hydrogen-bond acceptors (Lipinski definition) is 4. The number of fused-ring (bicyclic) bond motifs is 2. The number of para-hydroxylation sites is 1. The van der Waals surface area contributed by atoms with Gasteiger partial charge in [0.15, 0.2) is 0 Å². The maximum absolute atomic E-state index is 12.4. The van der Waals surface area contributed by atoms with E-state index in [1.54, 1.807) is 10.6 Å². The van der Waals surface area contributed by atoms with Crippen molar-refractivity contribution in [3.63, 3.8) is 0 Å². The van der Waals surface area contributed by atoms with Crippen molar-refractivity contribution >= 4 is 23.4 Å². The first kappa shape index (κ1) is 17.7. The predicted octanol–water partition coefficient (Wildman–Crippen LogP) is 2.17. The van der Waals surface area contributed by atoms with Crippen LogP contribution in [-0.2, 0) is 6.42 Å². The number of aromatic nitrogens is 3. The smallest absolute Gasteiger partial charge is 0.321 e. The summed E-state index contributed by atoms with van der Waals surface area (Å²) in [5.74, 6) is 1.90. The third kappa shape index (κ3) is 3.41. The number of imidazole rings is 1. The first-order valence-electron chi connectivity index (χ1n) is 9.83. The molecule has 1 saturated carbocycles. The number of carbonyl (C=O) groups excluding carboxylic acids is 2. The third-order valence-corrected chi connectivity index (χ3v) is 6.06. The molecule has 148 valence electrons. The van der Waals surface area contributed by atoms with Crippen LogP contribution in [0.2, 0.25) is 0 Å². The Kier molecular flexibility index (Phi) is 4.19. The van der Waals surface area contributed by atoms with Crippen LogP contribution >= 0.6 is 0 Å². The number of nitrogens with two attached hydrogens (primary N) is 1. The number of nitrogens with one attached hydrogen (secondary N) is 1. The molecule has 3 amide bonds. The Morgan fingerprint density at radius 1 is 1.14 bits per heavy atom. The van der Waals surface area contributed by atoms with Crippen LogP contribution in [0.1, 0.15) is 22.5 Å². The Morgan fingerprint density at radius 3 is 2.62 bits per heavy atom. The van der Waals surface area contributed by atoms with Crippen molar-refractivity contribution in [3.8, 4) is 0 Å². The molecule has 29 heavy (non-hydrogen) atoms. The molecule has 3 heterocycles. The molecule has 1 saturated heterocycles. The maximum atomic E-state index is 12.4. The monoisotopic (exact) mass is 390 g/mol. The second-order valence-corrected chi connectivity index (χ2v) is 7.88. The first-order valence-corrected chi connectivity index (χ1v) is 9.83. The SMILES string of the molecule is NC(=O)c1cnc2nc(CCC3C4CN(C(=O)Nc5ccccc5)CC34)cn2c1. The van der Waals surface area contributed by atoms with E-state index in [1.165, 1.54) is 6.20 Å². The highest BCUT2D eigenvalue weighted by molar-refractivity contribution is 5.92. The van der Waals surface area contributed by atoms with Crippen molar-refractivity contribution < 1.29 is 9.59 Å². The van der Waals surface area contributed by atoms with Gasteiger partial charge >= 0.3 is 6.03 Å². The molecule has 0 bridgehead atoms. The molecule has 0 spiro atoms. The number of nitrogens with zero attached hydrogens (tertiary/aromatic N) is 4. The lowest BCUT2D eigenvalue weighted by atomic mass is 10.1. The zero-order valence-electron chi connectivity index (χ0n) is 15.9. The molecule has 1 aromatic carbocycles. The van der Waals surface area contributed by atoms with E-state index in [0.29, 0.717) is 29.1 Å². The number of rotatable bonds is 5. The van der Waals surface area contributed by atoms with Gasteiger partial charge in [-0.15, -0.1) is 0 Å². The number of anilines is 1. The minimum Gasteiger partial charge on any atom is -0.366 e. The fourth-order valence-corrected chi connectivity index (χ4v) is 4.46. The van der Waals surface area contributed by atoms with Crippen molar-refractivity contribution in [1.29, 1.82) is 0 Å². The number of amides is 3. The van der Waals surface area contributed by atoms with Crippen molar-refractivity contribution in [1.82, 2.24) is 19.3 Å². The Bertz CT molecular complexity index is 1070. The molecule has 3 N–H and O–H groups in total. The normalized spacial score (nSPS) is 22.5. The maximum Gasteiger partial charge on any atom is 0.321 e. The van der Waals surface area contributed by atoms with Gasteiger partial charge in [-0.1, -0.05) is 18.2 Å². The van der Waals surface area contributed by atoms with Crippen LogP contribution in [0.25, 0.3) is 5.78 Å². The van der Waals surface area contributed by atoms with Gasteiger partial charge in [0.1, 0.15) is 0 Å². The van der Waals surface area contributed by atoms with Crippen molar-refractivity contribution in [2.75, 3.05) is 18.4 Å². The minimum atomic E-state index is -0.499. The van der Waals surface area contributed by atoms with Crippen LogP contribution in [0.4, 0.5) is 10.5 Å². The summed E-state index contributed by atoms with van der Waals surface area (Å²) in [5.41, 5.74) is 7.46. The van der Waals surface area contributed by atoms with Gasteiger partial charge in [-0.3, -0.25) is 9.20 Å². The highest BCUT2D eigenvalue weighted by atomic mass is 16.2. The third-order valence-electron chi connectivity index (χ3n) is 6.06. The molecule has 2 aromatic heterocycles. The van der Waals surface area contributed by atoms with Gasteiger partial charge in [-0.2, -0.15) is 0 Å². The van der Waals surface area contributed by atoms with Gasteiger partial charge in [-0.25, -0.2) is 14.8 Å². The second kappa shape index (κ2) is 6.88. The summed E-state index contributed by atoms with van der Waals surface area (Å²) in [4.78, 5) is 34.3. The molecule has 0 radical (unpaired) electrons. The summed E-state index contributed by atoms with van der Waals surface area (Å²) >= 11 is 0. The molecule has 1 aliphatic carbocycles. The van der Waals surface area contributed by atoms with Crippen molar-refractivity contribution in [3.05, 3.63) is 60.2 Å². The lowest BCUT2D eigenvalue weighted by Gasteiger charge is -2.20. The molecule has 2 aliphatic rings. The van der Waals surface area contributed by atoms with E-state index in [0.717, 1.165) is 37.3 Å². The van der Waals surface area contributed by atoms with Gasteiger partial charge in [0.05, 0.1) is 11.3 Å². The largest absolute Gasteiger partial charge is 0.366 e. The molecular weight excluding hydrogens is 368 g/mol. The summed E-state index contributed by atoms with van der Waals surface area (Å²) in [6.07, 6.45) is 6.94. The van der Waals surface area contributed by atoms with E-state index in [-0.39, 0.29) is 6.03 Å². The van der Waals surface area contributed by atoms with Crippen LogP contribution in [-0.4, -0.2) is 44.3 Å². The number of benzene rings is 1. The van der Waals surface area contributed by atoms with Crippen LogP contribution in [0, 0.1) is 17.8 Å². The number of hydrogen-bond donors (Lipinski definition) is 2. The number of urea groups is 1. The topological polar surface area (TPSA) is 106 Å². The van der Waals surface area contributed by atoms with Gasteiger partial charge < -0.3 is 16.0 Å². The quantitative estimate of drug-likeness (QED) is 0.696. The van der Waals surface area contributed by atoms with Crippen LogP contribution in [0.3, 0.4) is 0 Å². The van der Waals surface area contributed by atoms with Crippen LogP contribution in [0.15, 0.2) is 48.9 Å². The molecule has 8 nitrogen and oxygen atoms in total. The van der Waals surface area contributed by atoms with Gasteiger partial charge in [-0.05, 0) is 42.7 Å². The number of likely N-dealkylation sites (tertiary alicyclic amines) is 1. The number of piperidine rings is 1. The summed E-state index contributed by atoms with van der Waals surface area (Å²) in [7, 11) is 0. The molecule has 2 unspecified atom stereocenters. The fraction of sp³-hybridized carbons (Fsp3) is 0.333. The number of aryl methyl sites for hydroxylation is 1. The average Bonchev–Trinajstić information content (AvgIpc) is 3.07. The fourth-order valence-electron chi connectivity index (χ4n) is 4.46. The number of carbonyl (C=O) groups is 2. The Morgan fingerprint density at radius 2 is 1.90 bits per heavy atom. The predicted molar refractivity (Wildman–Crippen MR) is 107 cm³/mol. The zero-order chi connectivity index (χ0) is 20.0. The van der Waals surface area contributed by atoms with Crippen molar-refractivity contribution in [2.45, 2.75) is 12.8 Å². The Labute approximate surface area is 167 Å². The lowest BCUT2D eigenvalue weighted by molar-refractivity contribution is 0.0999. The van der Waals surface area contributed by atoms with Crippen LogP contribution in [0.5, 0.6) is 0 Å². The highest BCUT2D eigenvalue weighted by Gasteiger charge is 2.55. The molecular formula is C21H22N6O2. The standard InChI is InChI=1S/C21H22N6O2/c22-19(28)13-8-23-20-24-15(10-26(20)9-13)6-7-16-17-11-27(12-18(16)17)21(29)25-14-4-2-1-3-5-14/h1-5,8-10,16-18H,6-7,11-12H2,(H2,22,28)(H,25,29). The lowest BCUT2D eigenvalue weighted by Crippen LogP contribution is -2.35. The summed E-state index contributed by atoms with van der Waals surface area (Å²) in [5, 5.41) is 2.96. The summed E-state index contributed by atoms with van der Waals surface area (Å²) in [6, 6.07) is 9.54. The minimum absolute atomic E-state index is 0.0150. The molecule has 2 fully saturated rings. The van der Waals surface area contributed by atoms with Gasteiger partial charge in [0.2, 0.25) is 5.78 Å². The van der Waals surface area contributed by atoms with E-state index in [9.17, 15) is 9.59 Å². The van der Waals surface area contributed by atoms with E-state index in [2.05, 4.69) is 15.3 Å².